The Morgan fingerprint density at radius 3 is 2.42 bits per heavy atom. The number of benzene rings is 1. The van der Waals surface area contributed by atoms with Crippen molar-refractivity contribution >= 4 is 46.9 Å². The minimum absolute atomic E-state index is 0.0371. The summed E-state index contributed by atoms with van der Waals surface area (Å²) in [5, 5.41) is 0. The zero-order valence-corrected chi connectivity index (χ0v) is 21.9. The second-order valence-corrected chi connectivity index (χ2v) is 11.6. The van der Waals surface area contributed by atoms with Crippen molar-refractivity contribution in [2.24, 2.45) is 11.3 Å². The first kappa shape index (κ1) is 25.5. The summed E-state index contributed by atoms with van der Waals surface area (Å²) in [5.74, 6) is 0.461. The lowest BCUT2D eigenvalue weighted by atomic mass is 9.91. The molecule has 33 heavy (non-hydrogen) atoms. The minimum atomic E-state index is -0.563. The number of aromatic nitrogens is 1. The Morgan fingerprint density at radius 2 is 1.88 bits per heavy atom. The van der Waals surface area contributed by atoms with Crippen LogP contribution in [0.3, 0.4) is 0 Å². The van der Waals surface area contributed by atoms with Crippen LogP contribution in [0, 0.1) is 11.3 Å². The van der Waals surface area contributed by atoms with Gasteiger partial charge in [0, 0.05) is 29.5 Å². The van der Waals surface area contributed by atoms with Crippen LogP contribution in [0.1, 0.15) is 52.5 Å². The maximum Gasteiger partial charge on any atom is 0.269 e. The van der Waals surface area contributed by atoms with Crippen molar-refractivity contribution < 1.29 is 9.59 Å². The lowest BCUT2D eigenvalue weighted by Gasteiger charge is -2.22. The van der Waals surface area contributed by atoms with Gasteiger partial charge in [0.05, 0.1) is 4.53 Å². The molecular weight excluding hydrogens is 452 g/mol. The molecular formula is C26H34N2O3S2. The molecule has 0 radical (unpaired) electrons. The topological polar surface area (TPSA) is 59.4 Å². The van der Waals surface area contributed by atoms with Crippen molar-refractivity contribution in [2.75, 3.05) is 19.3 Å². The smallest absolute Gasteiger partial charge is 0.269 e. The van der Waals surface area contributed by atoms with Crippen LogP contribution in [0.2, 0.25) is 0 Å². The summed E-state index contributed by atoms with van der Waals surface area (Å²) in [4.78, 5) is 42.3. The fourth-order valence-corrected chi connectivity index (χ4v) is 4.86. The molecule has 1 aliphatic carbocycles. The van der Waals surface area contributed by atoms with Gasteiger partial charge in [0.2, 0.25) is 5.91 Å². The Hall–Kier alpha value is -2.12. The molecule has 0 unspecified atom stereocenters. The van der Waals surface area contributed by atoms with Crippen LogP contribution in [0.4, 0.5) is 0 Å². The van der Waals surface area contributed by atoms with Crippen molar-refractivity contribution in [2.45, 2.75) is 58.4 Å². The predicted octanol–water partition coefficient (Wildman–Crippen LogP) is 3.50. The summed E-state index contributed by atoms with van der Waals surface area (Å²) < 4.78 is 2.54. The van der Waals surface area contributed by atoms with Gasteiger partial charge in [0.1, 0.15) is 11.2 Å². The van der Waals surface area contributed by atoms with Gasteiger partial charge in [-0.3, -0.25) is 19.0 Å². The molecule has 2 aromatic rings. The number of thioether (sulfide) groups is 1. The fraction of sp³-hybridized carbons (Fsp3) is 0.500. The molecule has 1 aromatic carbocycles. The van der Waals surface area contributed by atoms with E-state index in [0.717, 1.165) is 23.4 Å². The van der Waals surface area contributed by atoms with E-state index in [1.54, 1.807) is 11.8 Å². The third-order valence-corrected chi connectivity index (χ3v) is 7.46. The highest BCUT2D eigenvalue weighted by atomic mass is 32.2. The van der Waals surface area contributed by atoms with E-state index in [-0.39, 0.29) is 23.8 Å². The lowest BCUT2D eigenvalue weighted by molar-refractivity contribution is -0.132. The molecule has 0 bridgehead atoms. The normalized spacial score (nSPS) is 15.2. The Balaban J connectivity index is 2.03. The molecule has 7 heteroatoms. The van der Waals surface area contributed by atoms with E-state index in [2.05, 4.69) is 6.92 Å². The van der Waals surface area contributed by atoms with Crippen molar-refractivity contribution in [3.63, 3.8) is 0 Å². The summed E-state index contributed by atoms with van der Waals surface area (Å²) >= 11 is 2.93. The second-order valence-electron chi connectivity index (χ2n) is 9.66. The zero-order chi connectivity index (χ0) is 24.2. The SMILES string of the molecule is CCCN(CC1CC1)C(=O)Cn1c(=O)/c(=C\c2ccc(SC)cc2)s/c1=C\C(=O)C(C)(C)C. The quantitative estimate of drug-likeness (QED) is 0.509. The van der Waals surface area contributed by atoms with Gasteiger partial charge in [-0.2, -0.15) is 0 Å². The van der Waals surface area contributed by atoms with Gasteiger partial charge in [-0.15, -0.1) is 23.1 Å². The number of carbonyl (C=O) groups is 2. The number of carbonyl (C=O) groups excluding carboxylic acids is 2. The molecule has 1 amide bonds. The molecule has 0 N–H and O–H groups in total. The highest BCUT2D eigenvalue weighted by Gasteiger charge is 2.27. The van der Waals surface area contributed by atoms with E-state index < -0.39 is 5.41 Å². The standard InChI is InChI=1S/C26H34N2O3S2/c1-6-13-27(16-19-7-8-19)23(30)17-28-24(15-22(29)26(2,3)4)33-21(25(28)31)14-18-9-11-20(32-5)12-10-18/h9-12,14-15,19H,6-8,13,16-17H2,1-5H3/b21-14+,24-15-. The zero-order valence-electron chi connectivity index (χ0n) is 20.2. The van der Waals surface area contributed by atoms with Crippen molar-refractivity contribution in [3.05, 3.63) is 49.4 Å². The molecule has 0 aliphatic heterocycles. The van der Waals surface area contributed by atoms with Gasteiger partial charge in [-0.25, -0.2) is 0 Å². The molecule has 1 heterocycles. The molecule has 3 rings (SSSR count). The van der Waals surface area contributed by atoms with Gasteiger partial charge >= 0.3 is 0 Å². The first-order valence-corrected chi connectivity index (χ1v) is 13.6. The predicted molar refractivity (Wildman–Crippen MR) is 138 cm³/mol. The molecule has 5 nitrogen and oxygen atoms in total. The van der Waals surface area contributed by atoms with E-state index in [0.29, 0.717) is 21.7 Å². The Labute approximate surface area is 204 Å². The Morgan fingerprint density at radius 1 is 1.21 bits per heavy atom. The Kier molecular flexibility index (Phi) is 8.40. The van der Waals surface area contributed by atoms with Crippen LogP contribution >= 0.6 is 23.1 Å². The number of Topliss-reactive ketones (excluding diaryl/α,β-unsaturated/α-hetero) is 1. The number of hydrogen-bond donors (Lipinski definition) is 0. The number of ketones is 1. The van der Waals surface area contributed by atoms with Gasteiger partial charge < -0.3 is 4.90 Å². The number of rotatable bonds is 9. The van der Waals surface area contributed by atoms with E-state index >= 15 is 0 Å². The molecule has 0 saturated heterocycles. The van der Waals surface area contributed by atoms with Crippen LogP contribution < -0.4 is 14.8 Å². The maximum absolute atomic E-state index is 13.3. The number of thiazole rings is 1. The van der Waals surface area contributed by atoms with E-state index in [4.69, 9.17) is 0 Å². The summed E-state index contributed by atoms with van der Waals surface area (Å²) in [7, 11) is 0. The van der Waals surface area contributed by atoms with Gasteiger partial charge in [-0.05, 0) is 55.2 Å². The number of hydrogen-bond acceptors (Lipinski definition) is 5. The Bertz CT molecular complexity index is 1170. The highest BCUT2D eigenvalue weighted by molar-refractivity contribution is 7.98. The van der Waals surface area contributed by atoms with E-state index in [1.165, 1.54) is 34.8 Å². The molecule has 178 valence electrons. The van der Waals surface area contributed by atoms with Crippen molar-refractivity contribution in [3.8, 4) is 0 Å². The van der Waals surface area contributed by atoms with E-state index in [9.17, 15) is 14.4 Å². The van der Waals surface area contributed by atoms with E-state index in [1.807, 2.05) is 62.3 Å². The average molecular weight is 487 g/mol. The first-order valence-electron chi connectivity index (χ1n) is 11.5. The molecule has 0 spiro atoms. The second kappa shape index (κ2) is 10.9. The lowest BCUT2D eigenvalue weighted by Crippen LogP contribution is -2.41. The van der Waals surface area contributed by atoms with Crippen LogP contribution in [0.25, 0.3) is 12.2 Å². The fourth-order valence-electron chi connectivity index (χ4n) is 3.41. The number of nitrogens with zero attached hydrogens (tertiary/aromatic N) is 2. The van der Waals surface area contributed by atoms with Gasteiger partial charge in [-0.1, -0.05) is 39.8 Å². The van der Waals surface area contributed by atoms with Gasteiger partial charge in [0.15, 0.2) is 5.78 Å². The van der Waals surface area contributed by atoms with Crippen LogP contribution in [-0.2, 0) is 16.1 Å². The van der Waals surface area contributed by atoms with Crippen LogP contribution in [0.5, 0.6) is 0 Å². The first-order chi connectivity index (χ1) is 15.6. The van der Waals surface area contributed by atoms with Gasteiger partial charge in [0.25, 0.3) is 5.56 Å². The molecule has 0 atom stereocenters. The molecule has 1 fully saturated rings. The molecule has 1 saturated carbocycles. The van der Waals surface area contributed by atoms with Crippen molar-refractivity contribution in [1.82, 2.24) is 9.47 Å². The summed E-state index contributed by atoms with van der Waals surface area (Å²) in [6, 6.07) is 7.98. The minimum Gasteiger partial charge on any atom is -0.341 e. The third kappa shape index (κ3) is 6.93. The third-order valence-electron chi connectivity index (χ3n) is 5.66. The summed E-state index contributed by atoms with van der Waals surface area (Å²) in [6.07, 6.45) is 8.60. The highest BCUT2D eigenvalue weighted by Crippen LogP contribution is 2.29. The summed E-state index contributed by atoms with van der Waals surface area (Å²) in [6.45, 7) is 9.02. The van der Waals surface area contributed by atoms with Crippen LogP contribution in [-0.4, -0.2) is 40.5 Å². The summed E-state index contributed by atoms with van der Waals surface area (Å²) in [5.41, 5.74) is 0.130. The van der Waals surface area contributed by atoms with Crippen LogP contribution in [0.15, 0.2) is 34.0 Å². The molecule has 1 aliphatic rings. The monoisotopic (exact) mass is 486 g/mol. The largest absolute Gasteiger partial charge is 0.341 e. The average Bonchev–Trinajstić information content (AvgIpc) is 3.54. The van der Waals surface area contributed by atoms with Crippen molar-refractivity contribution in [1.29, 1.82) is 0 Å². The molecule has 1 aromatic heterocycles. The number of amides is 1. The maximum atomic E-state index is 13.3.